The number of anilines is 1. The van der Waals surface area contributed by atoms with Gasteiger partial charge in [-0.2, -0.15) is 0 Å². The Morgan fingerprint density at radius 2 is 2.00 bits per heavy atom. The number of thiophene rings is 1. The number of rotatable bonds is 4. The van der Waals surface area contributed by atoms with E-state index in [0.29, 0.717) is 11.6 Å². The Labute approximate surface area is 130 Å². The molecule has 0 aliphatic carbocycles. The van der Waals surface area contributed by atoms with Crippen LogP contribution in [0, 0.1) is 6.92 Å². The maximum atomic E-state index is 12.0. The molecule has 1 amide bonds. The molecule has 21 heavy (non-hydrogen) atoms. The second-order valence-corrected chi connectivity index (χ2v) is 6.45. The van der Waals surface area contributed by atoms with E-state index in [2.05, 4.69) is 21.6 Å². The van der Waals surface area contributed by atoms with Crippen molar-refractivity contribution in [3.63, 3.8) is 0 Å². The van der Waals surface area contributed by atoms with Gasteiger partial charge in [0.05, 0.1) is 11.3 Å². The lowest BCUT2D eigenvalue weighted by atomic mass is 10.1. The minimum Gasteiger partial charge on any atom is -0.300 e. The topological polar surface area (TPSA) is 54.9 Å². The molecule has 0 spiro atoms. The Hall–Kier alpha value is -2.05. The molecule has 0 bridgehead atoms. The Morgan fingerprint density at radius 3 is 2.71 bits per heavy atom. The summed E-state index contributed by atoms with van der Waals surface area (Å²) in [6.45, 7) is 2.04. The summed E-state index contributed by atoms with van der Waals surface area (Å²) in [6.07, 6.45) is 0.341. The van der Waals surface area contributed by atoms with E-state index in [4.69, 9.17) is 0 Å². The van der Waals surface area contributed by atoms with Crippen molar-refractivity contribution in [1.29, 1.82) is 0 Å². The summed E-state index contributed by atoms with van der Waals surface area (Å²) in [5.41, 5.74) is 2.16. The quantitative estimate of drug-likeness (QED) is 0.797. The molecular weight excluding hydrogens is 302 g/mol. The molecule has 0 unspecified atom stereocenters. The van der Waals surface area contributed by atoms with Crippen LogP contribution in [-0.4, -0.2) is 16.1 Å². The third-order valence-corrected chi connectivity index (χ3v) is 4.94. The molecule has 1 aromatic carbocycles. The third kappa shape index (κ3) is 3.34. The van der Waals surface area contributed by atoms with Gasteiger partial charge in [-0.25, -0.2) is 0 Å². The van der Waals surface area contributed by atoms with E-state index in [-0.39, 0.29) is 5.91 Å². The summed E-state index contributed by atoms with van der Waals surface area (Å²) in [4.78, 5) is 13.1. The average molecular weight is 315 g/mol. The Bertz CT molecular complexity index is 749. The van der Waals surface area contributed by atoms with Crippen LogP contribution in [0.5, 0.6) is 0 Å². The zero-order chi connectivity index (χ0) is 14.7. The standard InChI is InChI=1S/C15H13N3OS2/c1-10-7-8-20-13(10)14-17-18-15(21-14)16-12(19)9-11-5-3-2-4-6-11/h2-8H,9H2,1H3,(H,16,18,19). The number of carbonyl (C=O) groups is 1. The van der Waals surface area contributed by atoms with Gasteiger partial charge in [0.1, 0.15) is 0 Å². The van der Waals surface area contributed by atoms with Crippen LogP contribution < -0.4 is 5.32 Å². The molecule has 0 saturated heterocycles. The number of hydrogen-bond donors (Lipinski definition) is 1. The van der Waals surface area contributed by atoms with Crippen LogP contribution in [0.2, 0.25) is 0 Å². The summed E-state index contributed by atoms with van der Waals surface area (Å²) in [5, 5.41) is 14.4. The van der Waals surface area contributed by atoms with Gasteiger partial charge >= 0.3 is 0 Å². The first-order valence-electron chi connectivity index (χ1n) is 6.44. The molecule has 0 saturated carbocycles. The van der Waals surface area contributed by atoms with Gasteiger partial charge in [0.2, 0.25) is 11.0 Å². The predicted molar refractivity (Wildman–Crippen MR) is 86.7 cm³/mol. The highest BCUT2D eigenvalue weighted by Gasteiger charge is 2.12. The van der Waals surface area contributed by atoms with Crippen molar-refractivity contribution >= 4 is 33.7 Å². The van der Waals surface area contributed by atoms with Crippen molar-refractivity contribution in [2.75, 3.05) is 5.32 Å². The number of aryl methyl sites for hydroxylation is 1. The number of benzene rings is 1. The van der Waals surface area contributed by atoms with E-state index in [1.54, 1.807) is 11.3 Å². The second-order valence-electron chi connectivity index (χ2n) is 4.56. The molecule has 2 heterocycles. The van der Waals surface area contributed by atoms with Gasteiger partial charge in [-0.05, 0) is 29.5 Å². The van der Waals surface area contributed by atoms with Crippen LogP contribution >= 0.6 is 22.7 Å². The van der Waals surface area contributed by atoms with Gasteiger partial charge in [-0.15, -0.1) is 21.5 Å². The fourth-order valence-corrected chi connectivity index (χ4v) is 3.74. The highest BCUT2D eigenvalue weighted by molar-refractivity contribution is 7.23. The van der Waals surface area contributed by atoms with Crippen LogP contribution in [0.25, 0.3) is 9.88 Å². The van der Waals surface area contributed by atoms with Crippen LogP contribution in [0.4, 0.5) is 5.13 Å². The smallest absolute Gasteiger partial charge is 0.230 e. The first-order chi connectivity index (χ1) is 10.2. The van der Waals surface area contributed by atoms with E-state index in [9.17, 15) is 4.79 Å². The molecule has 0 atom stereocenters. The van der Waals surface area contributed by atoms with Crippen molar-refractivity contribution in [2.24, 2.45) is 0 Å². The highest BCUT2D eigenvalue weighted by atomic mass is 32.1. The third-order valence-electron chi connectivity index (χ3n) is 2.94. The fraction of sp³-hybridized carbons (Fsp3) is 0.133. The van der Waals surface area contributed by atoms with Gasteiger partial charge in [0.15, 0.2) is 5.01 Å². The molecule has 4 nitrogen and oxygen atoms in total. The second kappa shape index (κ2) is 6.15. The van der Waals surface area contributed by atoms with Crippen molar-refractivity contribution in [1.82, 2.24) is 10.2 Å². The molecule has 6 heteroatoms. The molecule has 2 aromatic heterocycles. The molecule has 0 radical (unpaired) electrons. The van der Waals surface area contributed by atoms with Crippen LogP contribution in [0.15, 0.2) is 41.8 Å². The maximum Gasteiger partial charge on any atom is 0.230 e. The van der Waals surface area contributed by atoms with Crippen molar-refractivity contribution in [2.45, 2.75) is 13.3 Å². The zero-order valence-corrected chi connectivity index (χ0v) is 13.0. The predicted octanol–water partition coefficient (Wildman–Crippen LogP) is 3.76. The highest BCUT2D eigenvalue weighted by Crippen LogP contribution is 2.32. The van der Waals surface area contributed by atoms with Gasteiger partial charge < -0.3 is 5.32 Å². The largest absolute Gasteiger partial charge is 0.300 e. The van der Waals surface area contributed by atoms with E-state index in [0.717, 1.165) is 15.4 Å². The lowest BCUT2D eigenvalue weighted by Gasteiger charge is -2.00. The number of amides is 1. The van der Waals surface area contributed by atoms with Gasteiger partial charge in [0.25, 0.3) is 0 Å². The monoisotopic (exact) mass is 315 g/mol. The Kier molecular flexibility index (Phi) is 4.08. The molecule has 0 aliphatic rings. The van der Waals surface area contributed by atoms with Crippen molar-refractivity contribution in [3.05, 3.63) is 52.9 Å². The molecule has 0 fully saturated rings. The van der Waals surface area contributed by atoms with Crippen LogP contribution in [0.1, 0.15) is 11.1 Å². The molecular formula is C15H13N3OS2. The lowest BCUT2D eigenvalue weighted by Crippen LogP contribution is -2.14. The number of nitrogens with one attached hydrogen (secondary N) is 1. The lowest BCUT2D eigenvalue weighted by molar-refractivity contribution is -0.115. The number of aromatic nitrogens is 2. The van der Waals surface area contributed by atoms with Gasteiger partial charge in [-0.1, -0.05) is 41.7 Å². The maximum absolute atomic E-state index is 12.0. The summed E-state index contributed by atoms with van der Waals surface area (Å²) < 4.78 is 0. The minimum absolute atomic E-state index is 0.0770. The van der Waals surface area contributed by atoms with Crippen molar-refractivity contribution < 1.29 is 4.79 Å². The van der Waals surface area contributed by atoms with Crippen LogP contribution in [-0.2, 0) is 11.2 Å². The van der Waals surface area contributed by atoms with Gasteiger partial charge in [0, 0.05) is 0 Å². The normalized spacial score (nSPS) is 10.5. The number of nitrogens with zero attached hydrogens (tertiary/aromatic N) is 2. The van der Waals surface area contributed by atoms with Gasteiger partial charge in [-0.3, -0.25) is 4.79 Å². The fourth-order valence-electron chi connectivity index (χ4n) is 1.90. The number of hydrogen-bond acceptors (Lipinski definition) is 5. The Balaban J connectivity index is 1.67. The minimum atomic E-state index is -0.0770. The van der Waals surface area contributed by atoms with Crippen LogP contribution in [0.3, 0.4) is 0 Å². The SMILES string of the molecule is Cc1ccsc1-c1nnc(NC(=O)Cc2ccccc2)s1. The number of carbonyl (C=O) groups excluding carboxylic acids is 1. The van der Waals surface area contributed by atoms with E-state index in [1.807, 2.05) is 42.6 Å². The summed E-state index contributed by atoms with van der Waals surface area (Å²) in [7, 11) is 0. The molecule has 1 N–H and O–H groups in total. The first kappa shape index (κ1) is 13.9. The summed E-state index contributed by atoms with van der Waals surface area (Å²) in [6, 6.07) is 11.7. The first-order valence-corrected chi connectivity index (χ1v) is 8.14. The van der Waals surface area contributed by atoms with E-state index in [1.165, 1.54) is 16.9 Å². The molecule has 0 aliphatic heterocycles. The Morgan fingerprint density at radius 1 is 1.19 bits per heavy atom. The summed E-state index contributed by atoms with van der Waals surface area (Å²) in [5.74, 6) is -0.0770. The van der Waals surface area contributed by atoms with Crippen molar-refractivity contribution in [3.8, 4) is 9.88 Å². The van der Waals surface area contributed by atoms with E-state index < -0.39 is 0 Å². The zero-order valence-electron chi connectivity index (χ0n) is 11.4. The summed E-state index contributed by atoms with van der Waals surface area (Å²) >= 11 is 3.03. The van der Waals surface area contributed by atoms with E-state index >= 15 is 0 Å². The average Bonchev–Trinajstić information content (AvgIpc) is 3.08. The molecule has 106 valence electrons. The molecule has 3 aromatic rings. The molecule has 3 rings (SSSR count).